The van der Waals surface area contributed by atoms with Gasteiger partial charge in [-0.3, -0.25) is 0 Å². The number of amides is 2. The third-order valence-electron chi connectivity index (χ3n) is 6.07. The summed E-state index contributed by atoms with van der Waals surface area (Å²) in [5.41, 5.74) is 0.153. The fourth-order valence-corrected chi connectivity index (χ4v) is 5.69. The minimum Gasteiger partial charge on any atom is -0.333 e. The smallest absolute Gasteiger partial charge is 0.317 e. The SMILES string of the molecule is C[C@H]1CN(C(=O)NC23CC4CC(CC(C4)C2)C3)CCN1. The molecular weight excluding hydrogens is 250 g/mol. The fourth-order valence-electron chi connectivity index (χ4n) is 5.69. The third kappa shape index (κ3) is 2.22. The maximum Gasteiger partial charge on any atom is 0.317 e. The van der Waals surface area contributed by atoms with Gasteiger partial charge >= 0.3 is 6.03 Å². The van der Waals surface area contributed by atoms with E-state index < -0.39 is 0 Å². The summed E-state index contributed by atoms with van der Waals surface area (Å²) in [6.45, 7) is 4.78. The molecule has 1 atom stereocenters. The quantitative estimate of drug-likeness (QED) is 0.769. The normalized spacial score (nSPS) is 46.5. The Morgan fingerprint density at radius 2 is 1.75 bits per heavy atom. The van der Waals surface area contributed by atoms with Crippen molar-refractivity contribution in [2.75, 3.05) is 19.6 Å². The Labute approximate surface area is 121 Å². The highest BCUT2D eigenvalue weighted by atomic mass is 16.2. The predicted octanol–water partition coefficient (Wildman–Crippen LogP) is 1.96. The highest BCUT2D eigenvalue weighted by Crippen LogP contribution is 2.55. The van der Waals surface area contributed by atoms with Crippen LogP contribution in [0.5, 0.6) is 0 Å². The molecule has 0 aromatic rings. The molecule has 20 heavy (non-hydrogen) atoms. The molecule has 1 saturated heterocycles. The first-order valence-electron chi connectivity index (χ1n) is 8.42. The minimum atomic E-state index is 0.153. The lowest BCUT2D eigenvalue weighted by Crippen LogP contribution is -2.63. The molecule has 5 fully saturated rings. The average molecular weight is 277 g/mol. The van der Waals surface area contributed by atoms with E-state index in [-0.39, 0.29) is 11.6 Å². The molecule has 1 aliphatic heterocycles. The Balaban J connectivity index is 1.44. The molecule has 5 rings (SSSR count). The summed E-state index contributed by atoms with van der Waals surface area (Å²) < 4.78 is 0. The number of rotatable bonds is 1. The summed E-state index contributed by atoms with van der Waals surface area (Å²) in [7, 11) is 0. The van der Waals surface area contributed by atoms with E-state index in [4.69, 9.17) is 0 Å². The number of urea groups is 1. The number of piperazine rings is 1. The maximum absolute atomic E-state index is 12.6. The van der Waals surface area contributed by atoms with Gasteiger partial charge in [-0.05, 0) is 63.2 Å². The standard InChI is InChI=1S/C16H27N3O/c1-11-10-19(3-2-17-11)15(20)18-16-7-12-4-13(8-16)6-14(5-12)9-16/h11-14,17H,2-10H2,1H3,(H,18,20)/t11-,12?,13?,14?,16?/m0/s1. The Hall–Kier alpha value is -0.770. The summed E-state index contributed by atoms with van der Waals surface area (Å²) in [6, 6.07) is 0.617. The third-order valence-corrected chi connectivity index (χ3v) is 6.07. The van der Waals surface area contributed by atoms with Crippen molar-refractivity contribution in [3.05, 3.63) is 0 Å². The number of hydrogen-bond donors (Lipinski definition) is 2. The Bertz CT molecular complexity index is 373. The van der Waals surface area contributed by atoms with E-state index in [1.165, 1.54) is 38.5 Å². The van der Waals surface area contributed by atoms with Gasteiger partial charge in [-0.2, -0.15) is 0 Å². The van der Waals surface area contributed by atoms with Crippen LogP contribution in [-0.4, -0.2) is 42.1 Å². The summed E-state index contributed by atoms with van der Waals surface area (Å²) in [5, 5.41) is 6.88. The van der Waals surface area contributed by atoms with Gasteiger partial charge in [-0.1, -0.05) is 0 Å². The molecular formula is C16H27N3O. The average Bonchev–Trinajstić information content (AvgIpc) is 2.36. The van der Waals surface area contributed by atoms with Gasteiger partial charge in [0.2, 0.25) is 0 Å². The van der Waals surface area contributed by atoms with Crippen molar-refractivity contribution >= 4 is 6.03 Å². The highest BCUT2D eigenvalue weighted by molar-refractivity contribution is 5.75. The van der Waals surface area contributed by atoms with E-state index in [2.05, 4.69) is 17.6 Å². The van der Waals surface area contributed by atoms with E-state index in [1.807, 2.05) is 4.90 Å². The first-order valence-corrected chi connectivity index (χ1v) is 8.42. The van der Waals surface area contributed by atoms with Crippen molar-refractivity contribution in [2.24, 2.45) is 17.8 Å². The van der Waals surface area contributed by atoms with E-state index in [1.54, 1.807) is 0 Å². The lowest BCUT2D eigenvalue weighted by Gasteiger charge is -2.57. The molecule has 2 amide bonds. The molecule has 4 aliphatic carbocycles. The van der Waals surface area contributed by atoms with Crippen LogP contribution in [-0.2, 0) is 0 Å². The minimum absolute atomic E-state index is 0.153. The first kappa shape index (κ1) is 12.9. The van der Waals surface area contributed by atoms with Gasteiger partial charge in [0.05, 0.1) is 0 Å². The lowest BCUT2D eigenvalue weighted by molar-refractivity contribution is -0.0160. The van der Waals surface area contributed by atoms with Crippen LogP contribution in [0.15, 0.2) is 0 Å². The molecule has 4 heteroatoms. The second-order valence-electron chi connectivity index (χ2n) is 7.93. The Morgan fingerprint density at radius 1 is 1.15 bits per heavy atom. The number of carbonyl (C=O) groups excluding carboxylic acids is 1. The molecule has 2 N–H and O–H groups in total. The molecule has 4 nitrogen and oxygen atoms in total. The van der Waals surface area contributed by atoms with Crippen LogP contribution in [0.1, 0.15) is 45.4 Å². The number of carbonyl (C=O) groups is 1. The van der Waals surface area contributed by atoms with E-state index in [9.17, 15) is 4.79 Å². The van der Waals surface area contributed by atoms with Gasteiger partial charge in [0.15, 0.2) is 0 Å². The van der Waals surface area contributed by atoms with Crippen LogP contribution in [0.3, 0.4) is 0 Å². The van der Waals surface area contributed by atoms with Crippen LogP contribution < -0.4 is 10.6 Å². The van der Waals surface area contributed by atoms with Crippen LogP contribution in [0, 0.1) is 17.8 Å². The highest BCUT2D eigenvalue weighted by Gasteiger charge is 2.51. The molecule has 5 aliphatic rings. The van der Waals surface area contributed by atoms with Gasteiger partial charge in [0, 0.05) is 31.2 Å². The van der Waals surface area contributed by atoms with E-state index >= 15 is 0 Å². The monoisotopic (exact) mass is 277 g/mol. The zero-order valence-electron chi connectivity index (χ0n) is 12.5. The zero-order chi connectivity index (χ0) is 13.7. The summed E-state index contributed by atoms with van der Waals surface area (Å²) in [6.07, 6.45) is 8.02. The molecule has 4 bridgehead atoms. The predicted molar refractivity (Wildman–Crippen MR) is 78.5 cm³/mol. The molecule has 0 aromatic carbocycles. The molecule has 0 radical (unpaired) electrons. The van der Waals surface area contributed by atoms with Crippen molar-refractivity contribution in [2.45, 2.75) is 57.0 Å². The van der Waals surface area contributed by atoms with Crippen molar-refractivity contribution in [3.8, 4) is 0 Å². The van der Waals surface area contributed by atoms with E-state index in [0.29, 0.717) is 6.04 Å². The number of hydrogen-bond acceptors (Lipinski definition) is 2. The first-order chi connectivity index (χ1) is 9.62. The molecule has 112 valence electrons. The number of nitrogens with one attached hydrogen (secondary N) is 2. The molecule has 4 saturated carbocycles. The molecule has 1 heterocycles. The molecule has 0 unspecified atom stereocenters. The molecule has 0 aromatic heterocycles. The van der Waals surface area contributed by atoms with Crippen molar-refractivity contribution in [1.82, 2.24) is 15.5 Å². The van der Waals surface area contributed by atoms with Gasteiger partial charge < -0.3 is 15.5 Å². The van der Waals surface area contributed by atoms with Gasteiger partial charge in [-0.15, -0.1) is 0 Å². The summed E-state index contributed by atoms with van der Waals surface area (Å²) in [5.74, 6) is 2.68. The molecule has 0 spiro atoms. The number of nitrogens with zero attached hydrogens (tertiary/aromatic N) is 1. The van der Waals surface area contributed by atoms with Gasteiger partial charge in [-0.25, -0.2) is 4.79 Å². The summed E-state index contributed by atoms with van der Waals surface area (Å²) in [4.78, 5) is 14.6. The van der Waals surface area contributed by atoms with Crippen LogP contribution in [0.25, 0.3) is 0 Å². The second kappa shape index (κ2) is 4.62. The fraction of sp³-hybridized carbons (Fsp3) is 0.938. The Kier molecular flexibility index (Phi) is 2.99. The van der Waals surface area contributed by atoms with Crippen molar-refractivity contribution in [1.29, 1.82) is 0 Å². The van der Waals surface area contributed by atoms with Gasteiger partial charge in [0.25, 0.3) is 0 Å². The van der Waals surface area contributed by atoms with Crippen LogP contribution in [0.4, 0.5) is 4.79 Å². The lowest BCUT2D eigenvalue weighted by atomic mass is 9.53. The van der Waals surface area contributed by atoms with Crippen molar-refractivity contribution < 1.29 is 4.79 Å². The maximum atomic E-state index is 12.6. The van der Waals surface area contributed by atoms with Crippen LogP contribution in [0.2, 0.25) is 0 Å². The topological polar surface area (TPSA) is 44.4 Å². The van der Waals surface area contributed by atoms with Crippen molar-refractivity contribution in [3.63, 3.8) is 0 Å². The zero-order valence-corrected chi connectivity index (χ0v) is 12.5. The van der Waals surface area contributed by atoms with Gasteiger partial charge in [0.1, 0.15) is 0 Å². The Morgan fingerprint density at radius 3 is 2.30 bits per heavy atom. The summed E-state index contributed by atoms with van der Waals surface area (Å²) >= 11 is 0. The largest absolute Gasteiger partial charge is 0.333 e. The van der Waals surface area contributed by atoms with E-state index in [0.717, 1.165) is 37.4 Å². The van der Waals surface area contributed by atoms with Crippen LogP contribution >= 0.6 is 0 Å². The second-order valence-corrected chi connectivity index (χ2v) is 7.93.